The third-order valence-electron chi connectivity index (χ3n) is 3.25. The van der Waals surface area contributed by atoms with Crippen LogP contribution >= 0.6 is 0 Å². The smallest absolute Gasteiger partial charge is 0.338 e. The number of primary sulfonamides is 1. The van der Waals surface area contributed by atoms with Crippen molar-refractivity contribution >= 4 is 33.3 Å². The van der Waals surface area contributed by atoms with Crippen LogP contribution in [0.4, 0.5) is 11.4 Å². The summed E-state index contributed by atoms with van der Waals surface area (Å²) in [7, 11) is -3.80. The molecular weight excluding hydrogens is 346 g/mol. The molecule has 1 amide bonds. The molecule has 0 bridgehead atoms. The van der Waals surface area contributed by atoms with Crippen molar-refractivity contribution in [2.24, 2.45) is 5.14 Å². The Kier molecular flexibility index (Phi) is 5.40. The maximum Gasteiger partial charge on any atom is 0.338 e. The van der Waals surface area contributed by atoms with Crippen LogP contribution in [0, 0.1) is 0 Å². The first-order valence-electron chi connectivity index (χ1n) is 7.17. The predicted molar refractivity (Wildman–Crippen MR) is 92.2 cm³/mol. The number of ether oxygens (including phenoxy) is 1. The Labute approximate surface area is 144 Å². The van der Waals surface area contributed by atoms with Crippen molar-refractivity contribution in [2.75, 3.05) is 11.1 Å². The number of hydrogen-bond acceptors (Lipinski definition) is 6. The van der Waals surface area contributed by atoms with Crippen molar-refractivity contribution in [1.29, 1.82) is 0 Å². The lowest BCUT2D eigenvalue weighted by Crippen LogP contribution is -2.30. The highest BCUT2D eigenvalue weighted by Crippen LogP contribution is 2.14. The van der Waals surface area contributed by atoms with Crippen LogP contribution in [-0.4, -0.2) is 26.4 Å². The second-order valence-corrected chi connectivity index (χ2v) is 6.79. The molecule has 0 aliphatic rings. The first kappa shape index (κ1) is 18.4. The van der Waals surface area contributed by atoms with Gasteiger partial charge in [-0.25, -0.2) is 18.4 Å². The Morgan fingerprint density at radius 3 is 2.12 bits per heavy atom. The van der Waals surface area contributed by atoms with Gasteiger partial charge in [-0.2, -0.15) is 0 Å². The first-order chi connectivity index (χ1) is 11.7. The van der Waals surface area contributed by atoms with Gasteiger partial charge >= 0.3 is 5.97 Å². The number of nitrogens with two attached hydrogens (primary N) is 2. The molecule has 0 spiro atoms. The van der Waals surface area contributed by atoms with Crippen molar-refractivity contribution in [3.63, 3.8) is 0 Å². The van der Waals surface area contributed by atoms with Crippen molar-refractivity contribution in [3.05, 3.63) is 54.1 Å². The molecule has 0 aliphatic carbocycles. The Balaban J connectivity index is 1.98. The zero-order valence-corrected chi connectivity index (χ0v) is 14.1. The number of carbonyl (C=O) groups is 2. The van der Waals surface area contributed by atoms with Crippen LogP contribution in [0.25, 0.3) is 0 Å². The number of sulfonamides is 1. The minimum Gasteiger partial charge on any atom is -0.449 e. The largest absolute Gasteiger partial charge is 0.449 e. The Hall–Kier alpha value is -2.91. The second kappa shape index (κ2) is 7.32. The molecule has 25 heavy (non-hydrogen) atoms. The summed E-state index contributed by atoms with van der Waals surface area (Å²) >= 11 is 0. The molecule has 0 saturated heterocycles. The normalized spacial score (nSPS) is 12.2. The Morgan fingerprint density at radius 2 is 1.60 bits per heavy atom. The molecule has 8 nitrogen and oxygen atoms in total. The molecule has 0 aliphatic heterocycles. The molecule has 0 unspecified atom stereocenters. The molecular formula is C16H17N3O5S. The summed E-state index contributed by atoms with van der Waals surface area (Å²) in [6, 6.07) is 11.4. The fourth-order valence-electron chi connectivity index (χ4n) is 1.87. The summed E-state index contributed by atoms with van der Waals surface area (Å²) in [5, 5.41) is 7.51. The second-order valence-electron chi connectivity index (χ2n) is 5.23. The minimum absolute atomic E-state index is 0.0756. The average molecular weight is 363 g/mol. The Morgan fingerprint density at radius 1 is 1.04 bits per heavy atom. The molecule has 1 atom stereocenters. The van der Waals surface area contributed by atoms with Gasteiger partial charge in [0.25, 0.3) is 5.91 Å². The van der Waals surface area contributed by atoms with Gasteiger partial charge in [0.05, 0.1) is 10.5 Å². The van der Waals surface area contributed by atoms with Crippen LogP contribution in [0.15, 0.2) is 53.4 Å². The van der Waals surface area contributed by atoms with Crippen LogP contribution in [0.3, 0.4) is 0 Å². The highest BCUT2D eigenvalue weighted by molar-refractivity contribution is 7.89. The third-order valence-corrected chi connectivity index (χ3v) is 4.18. The topological polar surface area (TPSA) is 142 Å². The van der Waals surface area contributed by atoms with Crippen molar-refractivity contribution in [1.82, 2.24) is 0 Å². The van der Waals surface area contributed by atoms with Gasteiger partial charge in [0.2, 0.25) is 10.0 Å². The summed E-state index contributed by atoms with van der Waals surface area (Å²) in [5.41, 5.74) is 6.65. The SMILES string of the molecule is C[C@H](OC(=O)c1ccc(N)cc1)C(=O)Nc1ccc(S(N)(=O)=O)cc1. The molecule has 0 radical (unpaired) electrons. The van der Waals surface area contributed by atoms with Crippen LogP contribution < -0.4 is 16.2 Å². The molecule has 2 aromatic carbocycles. The van der Waals surface area contributed by atoms with E-state index in [0.29, 0.717) is 11.4 Å². The van der Waals surface area contributed by atoms with Gasteiger partial charge in [-0.3, -0.25) is 4.79 Å². The van der Waals surface area contributed by atoms with Crippen molar-refractivity contribution in [2.45, 2.75) is 17.9 Å². The molecule has 2 aromatic rings. The van der Waals surface area contributed by atoms with Gasteiger partial charge in [0.15, 0.2) is 6.10 Å². The van der Waals surface area contributed by atoms with Gasteiger partial charge in [0.1, 0.15) is 0 Å². The number of nitrogens with one attached hydrogen (secondary N) is 1. The van der Waals surface area contributed by atoms with Crippen LogP contribution in [-0.2, 0) is 19.6 Å². The fraction of sp³-hybridized carbons (Fsp3) is 0.125. The molecule has 2 rings (SSSR count). The lowest BCUT2D eigenvalue weighted by atomic mass is 10.2. The van der Waals surface area contributed by atoms with E-state index in [4.69, 9.17) is 15.6 Å². The van der Waals surface area contributed by atoms with Gasteiger partial charge in [0, 0.05) is 11.4 Å². The standard InChI is InChI=1S/C16H17N3O5S/c1-10(24-16(21)11-2-4-12(17)5-3-11)15(20)19-13-6-8-14(9-7-13)25(18,22)23/h2-10H,17H2,1H3,(H,19,20)(H2,18,22,23)/t10-/m0/s1. The molecule has 5 N–H and O–H groups in total. The number of benzene rings is 2. The Bertz CT molecular complexity index is 877. The third kappa shape index (κ3) is 5.03. The van der Waals surface area contributed by atoms with Crippen LogP contribution in [0.1, 0.15) is 17.3 Å². The molecule has 0 saturated carbocycles. The molecule has 0 heterocycles. The van der Waals surface area contributed by atoms with E-state index in [1.807, 2.05) is 0 Å². The molecule has 132 valence electrons. The predicted octanol–water partition coefficient (Wildman–Crippen LogP) is 1.10. The molecule has 0 fully saturated rings. The highest BCUT2D eigenvalue weighted by atomic mass is 32.2. The lowest BCUT2D eigenvalue weighted by Gasteiger charge is -2.14. The van der Waals surface area contributed by atoms with E-state index in [9.17, 15) is 18.0 Å². The number of hydrogen-bond donors (Lipinski definition) is 3. The van der Waals surface area contributed by atoms with Crippen LogP contribution in [0.5, 0.6) is 0 Å². The van der Waals surface area contributed by atoms with E-state index in [1.54, 1.807) is 12.1 Å². The van der Waals surface area contributed by atoms with E-state index in [0.717, 1.165) is 0 Å². The zero-order valence-electron chi connectivity index (χ0n) is 13.3. The maximum absolute atomic E-state index is 12.1. The van der Waals surface area contributed by atoms with Crippen LogP contribution in [0.2, 0.25) is 0 Å². The summed E-state index contributed by atoms with van der Waals surface area (Å²) < 4.78 is 27.4. The summed E-state index contributed by atoms with van der Waals surface area (Å²) in [6.07, 6.45) is -1.05. The van der Waals surface area contributed by atoms with Crippen molar-refractivity contribution < 1.29 is 22.7 Å². The minimum atomic E-state index is -3.80. The average Bonchev–Trinajstić information content (AvgIpc) is 2.55. The zero-order chi connectivity index (χ0) is 18.6. The number of esters is 1. The van der Waals surface area contributed by atoms with Gasteiger partial charge in [-0.05, 0) is 55.5 Å². The summed E-state index contributed by atoms with van der Waals surface area (Å²) in [6.45, 7) is 1.42. The fourth-order valence-corrected chi connectivity index (χ4v) is 2.39. The molecule has 9 heteroatoms. The van der Waals surface area contributed by atoms with E-state index in [-0.39, 0.29) is 10.5 Å². The van der Waals surface area contributed by atoms with Gasteiger partial charge < -0.3 is 15.8 Å². The number of carbonyl (C=O) groups excluding carboxylic acids is 2. The van der Waals surface area contributed by atoms with E-state index < -0.39 is 28.0 Å². The number of nitrogen functional groups attached to an aromatic ring is 1. The number of amides is 1. The summed E-state index contributed by atoms with van der Waals surface area (Å²) in [5.74, 6) is -1.22. The van der Waals surface area contributed by atoms with Gasteiger partial charge in [-0.1, -0.05) is 0 Å². The quantitative estimate of drug-likeness (QED) is 0.536. The monoisotopic (exact) mass is 363 g/mol. The summed E-state index contributed by atoms with van der Waals surface area (Å²) in [4.78, 5) is 23.9. The highest BCUT2D eigenvalue weighted by Gasteiger charge is 2.19. The maximum atomic E-state index is 12.1. The van der Waals surface area contributed by atoms with E-state index >= 15 is 0 Å². The van der Waals surface area contributed by atoms with E-state index in [1.165, 1.54) is 43.3 Å². The van der Waals surface area contributed by atoms with Gasteiger partial charge in [-0.15, -0.1) is 0 Å². The first-order valence-corrected chi connectivity index (χ1v) is 8.71. The number of rotatable bonds is 5. The van der Waals surface area contributed by atoms with E-state index in [2.05, 4.69) is 5.32 Å². The lowest BCUT2D eigenvalue weighted by molar-refractivity contribution is -0.123. The number of anilines is 2. The molecule has 0 aromatic heterocycles. The van der Waals surface area contributed by atoms with Crippen molar-refractivity contribution in [3.8, 4) is 0 Å².